The summed E-state index contributed by atoms with van der Waals surface area (Å²) < 4.78 is 32.0. The molecule has 0 aliphatic carbocycles. The highest BCUT2D eigenvalue weighted by molar-refractivity contribution is 7.89. The van der Waals surface area contributed by atoms with Crippen molar-refractivity contribution >= 4 is 45.2 Å². The molecule has 0 N–H and O–H groups in total. The second-order valence-corrected chi connectivity index (χ2v) is 8.32. The number of sulfonamides is 1. The number of rotatable bonds is 4. The smallest absolute Gasteiger partial charge is 0.246 e. The molecule has 1 amide bonds. The van der Waals surface area contributed by atoms with Crippen LogP contribution in [0.4, 0.5) is 0 Å². The number of piperazine rings is 1. The Balaban J connectivity index is 1.66. The van der Waals surface area contributed by atoms with Gasteiger partial charge < -0.3 is 9.32 Å². The van der Waals surface area contributed by atoms with E-state index >= 15 is 0 Å². The van der Waals surface area contributed by atoms with Crippen molar-refractivity contribution < 1.29 is 17.6 Å². The molecule has 0 spiro atoms. The largest absolute Gasteiger partial charge is 0.465 e. The van der Waals surface area contributed by atoms with E-state index in [9.17, 15) is 13.2 Å². The standard InChI is InChI=1S/C17H16Cl2N2O4S/c18-14-4-1-5-15(17(14)19)26(23,24)21-10-8-20(9-11-21)16(22)7-6-13-3-2-12-25-13/h1-7,12H,8-11H2/b7-6+. The molecule has 0 atom stereocenters. The van der Waals surface area contributed by atoms with Crippen LogP contribution in [-0.2, 0) is 14.8 Å². The molecule has 2 aromatic rings. The lowest BCUT2D eigenvalue weighted by molar-refractivity contribution is -0.127. The Morgan fingerprint density at radius 1 is 1.08 bits per heavy atom. The highest BCUT2D eigenvalue weighted by Crippen LogP contribution is 2.31. The molecule has 2 heterocycles. The average molecular weight is 415 g/mol. The Morgan fingerprint density at radius 3 is 2.46 bits per heavy atom. The minimum absolute atomic E-state index is 0.00838. The fraction of sp³-hybridized carbons (Fsp3) is 0.235. The van der Waals surface area contributed by atoms with E-state index in [1.807, 2.05) is 0 Å². The first-order chi connectivity index (χ1) is 12.4. The van der Waals surface area contributed by atoms with E-state index in [-0.39, 0.29) is 33.9 Å². The molecule has 9 heteroatoms. The summed E-state index contributed by atoms with van der Waals surface area (Å²) in [6.07, 6.45) is 4.52. The molecule has 1 aromatic heterocycles. The zero-order valence-electron chi connectivity index (χ0n) is 13.6. The first kappa shape index (κ1) is 19.0. The van der Waals surface area contributed by atoms with Gasteiger partial charge >= 0.3 is 0 Å². The van der Waals surface area contributed by atoms with Crippen LogP contribution in [0.1, 0.15) is 5.76 Å². The lowest BCUT2D eigenvalue weighted by Crippen LogP contribution is -2.50. The Labute approximate surface area is 161 Å². The third-order valence-electron chi connectivity index (χ3n) is 4.02. The van der Waals surface area contributed by atoms with Crippen LogP contribution in [0, 0.1) is 0 Å². The maximum absolute atomic E-state index is 12.8. The number of amides is 1. The molecule has 1 aliphatic heterocycles. The molecule has 0 radical (unpaired) electrons. The average Bonchev–Trinajstić information content (AvgIpc) is 3.15. The Hall–Kier alpha value is -1.80. The van der Waals surface area contributed by atoms with Crippen LogP contribution in [0.5, 0.6) is 0 Å². The summed E-state index contributed by atoms with van der Waals surface area (Å²) in [7, 11) is -3.77. The van der Waals surface area contributed by atoms with Crippen molar-refractivity contribution in [2.24, 2.45) is 0 Å². The molecular weight excluding hydrogens is 399 g/mol. The minimum atomic E-state index is -3.77. The number of furan rings is 1. The van der Waals surface area contributed by atoms with Gasteiger partial charge in [0.05, 0.1) is 16.3 Å². The van der Waals surface area contributed by atoms with E-state index < -0.39 is 10.0 Å². The number of halogens is 2. The van der Waals surface area contributed by atoms with Crippen molar-refractivity contribution in [1.29, 1.82) is 0 Å². The number of benzene rings is 1. The van der Waals surface area contributed by atoms with Crippen molar-refractivity contribution in [1.82, 2.24) is 9.21 Å². The molecule has 6 nitrogen and oxygen atoms in total. The van der Waals surface area contributed by atoms with Gasteiger partial charge in [-0.25, -0.2) is 8.42 Å². The zero-order chi connectivity index (χ0) is 18.7. The monoisotopic (exact) mass is 414 g/mol. The summed E-state index contributed by atoms with van der Waals surface area (Å²) in [5.41, 5.74) is 0. The summed E-state index contributed by atoms with van der Waals surface area (Å²) in [5, 5.41) is 0.193. The molecule has 26 heavy (non-hydrogen) atoms. The maximum atomic E-state index is 12.8. The maximum Gasteiger partial charge on any atom is 0.246 e. The molecule has 138 valence electrons. The van der Waals surface area contributed by atoms with E-state index in [2.05, 4.69) is 0 Å². The van der Waals surface area contributed by atoms with Crippen LogP contribution in [0.3, 0.4) is 0 Å². The van der Waals surface area contributed by atoms with Gasteiger partial charge in [0.25, 0.3) is 0 Å². The number of hydrogen-bond acceptors (Lipinski definition) is 4. The van der Waals surface area contributed by atoms with Gasteiger partial charge in [-0.3, -0.25) is 4.79 Å². The van der Waals surface area contributed by atoms with Crippen molar-refractivity contribution in [3.8, 4) is 0 Å². The van der Waals surface area contributed by atoms with Crippen molar-refractivity contribution in [2.45, 2.75) is 4.90 Å². The highest BCUT2D eigenvalue weighted by atomic mass is 35.5. The highest BCUT2D eigenvalue weighted by Gasteiger charge is 2.31. The minimum Gasteiger partial charge on any atom is -0.465 e. The first-order valence-corrected chi connectivity index (χ1v) is 10.0. The molecule has 0 saturated carbocycles. The van der Waals surface area contributed by atoms with E-state index in [0.29, 0.717) is 18.8 Å². The number of hydrogen-bond donors (Lipinski definition) is 0. The summed E-state index contributed by atoms with van der Waals surface area (Å²) in [5.74, 6) is 0.384. The summed E-state index contributed by atoms with van der Waals surface area (Å²) in [6.45, 7) is 0.953. The summed E-state index contributed by atoms with van der Waals surface area (Å²) >= 11 is 12.0. The number of nitrogens with zero attached hydrogens (tertiary/aromatic N) is 2. The summed E-state index contributed by atoms with van der Waals surface area (Å²) in [6, 6.07) is 7.97. The fourth-order valence-electron chi connectivity index (χ4n) is 2.62. The Bertz CT molecular complexity index is 918. The predicted molar refractivity (Wildman–Crippen MR) is 99.5 cm³/mol. The van der Waals surface area contributed by atoms with Crippen molar-refractivity contribution in [3.05, 3.63) is 58.5 Å². The van der Waals surface area contributed by atoms with Crippen LogP contribution < -0.4 is 0 Å². The topological polar surface area (TPSA) is 70.8 Å². The van der Waals surface area contributed by atoms with Crippen LogP contribution in [-0.4, -0.2) is 49.7 Å². The molecule has 0 bridgehead atoms. The van der Waals surface area contributed by atoms with Gasteiger partial charge in [-0.05, 0) is 30.3 Å². The fourth-order valence-corrected chi connectivity index (χ4v) is 4.77. The molecule has 3 rings (SSSR count). The summed E-state index contributed by atoms with van der Waals surface area (Å²) in [4.78, 5) is 13.8. The molecule has 1 fully saturated rings. The molecule has 1 aliphatic rings. The Kier molecular flexibility index (Phi) is 5.72. The lowest BCUT2D eigenvalue weighted by atomic mass is 10.3. The van der Waals surface area contributed by atoms with Crippen LogP contribution in [0.15, 0.2) is 52.0 Å². The molecular formula is C17H16Cl2N2O4S. The zero-order valence-corrected chi connectivity index (χ0v) is 16.0. The SMILES string of the molecule is O=C(/C=C/c1ccco1)N1CCN(S(=O)(=O)c2cccc(Cl)c2Cl)CC1. The van der Waals surface area contributed by atoms with E-state index in [4.69, 9.17) is 27.6 Å². The van der Waals surface area contributed by atoms with Gasteiger partial charge in [0.2, 0.25) is 15.9 Å². The third-order valence-corrected chi connectivity index (χ3v) is 6.89. The van der Waals surface area contributed by atoms with Crippen molar-refractivity contribution in [3.63, 3.8) is 0 Å². The normalized spacial score (nSPS) is 16.3. The van der Waals surface area contributed by atoms with Gasteiger partial charge in [-0.1, -0.05) is 29.3 Å². The predicted octanol–water partition coefficient (Wildman–Crippen LogP) is 3.13. The molecule has 0 unspecified atom stereocenters. The van der Waals surface area contributed by atoms with Gasteiger partial charge in [0.1, 0.15) is 10.7 Å². The Morgan fingerprint density at radius 2 is 1.81 bits per heavy atom. The van der Waals surface area contributed by atoms with Crippen molar-refractivity contribution in [2.75, 3.05) is 26.2 Å². The second-order valence-electron chi connectivity index (χ2n) is 5.63. The van der Waals surface area contributed by atoms with Gasteiger partial charge in [-0.2, -0.15) is 4.31 Å². The quantitative estimate of drug-likeness (QED) is 0.720. The second kappa shape index (κ2) is 7.84. The van der Waals surface area contributed by atoms with E-state index in [0.717, 1.165) is 0 Å². The van der Waals surface area contributed by atoms with Crippen LogP contribution >= 0.6 is 23.2 Å². The van der Waals surface area contributed by atoms with E-state index in [1.165, 1.54) is 28.8 Å². The molecule has 1 saturated heterocycles. The van der Waals surface area contributed by atoms with Gasteiger partial charge in [-0.15, -0.1) is 0 Å². The van der Waals surface area contributed by atoms with Crippen LogP contribution in [0.2, 0.25) is 10.0 Å². The van der Waals surface area contributed by atoms with Gasteiger partial charge in [0.15, 0.2) is 0 Å². The van der Waals surface area contributed by atoms with E-state index in [1.54, 1.807) is 29.2 Å². The van der Waals surface area contributed by atoms with Gasteiger partial charge in [0, 0.05) is 32.3 Å². The number of carbonyl (C=O) groups is 1. The number of carbonyl (C=O) groups excluding carboxylic acids is 1. The third kappa shape index (κ3) is 3.96. The molecule has 1 aromatic carbocycles. The van der Waals surface area contributed by atoms with Crippen LogP contribution in [0.25, 0.3) is 6.08 Å². The lowest BCUT2D eigenvalue weighted by Gasteiger charge is -2.33. The first-order valence-electron chi connectivity index (χ1n) is 7.84.